The molecule has 0 rings (SSSR count). The van der Waals surface area contributed by atoms with Crippen LogP contribution < -0.4 is 10.2 Å². The van der Waals surface area contributed by atoms with Crippen LogP contribution in [-0.4, -0.2) is 87.4 Å². The first-order valence-corrected chi connectivity index (χ1v) is 14.9. The first kappa shape index (κ1) is 44.5. The van der Waals surface area contributed by atoms with Gasteiger partial charge in [0.2, 0.25) is 0 Å². The van der Waals surface area contributed by atoms with Gasteiger partial charge < -0.3 is 19.8 Å². The minimum absolute atomic E-state index is 0. The Morgan fingerprint density at radius 2 is 0.528 bits per heavy atom. The van der Waals surface area contributed by atoms with Crippen molar-refractivity contribution in [3.8, 4) is 0 Å². The van der Waals surface area contributed by atoms with Gasteiger partial charge >= 0.3 is 75.5 Å². The predicted molar refractivity (Wildman–Crippen MR) is 153 cm³/mol. The summed E-state index contributed by atoms with van der Waals surface area (Å²) in [5.74, 6) is -1.81. The van der Waals surface area contributed by atoms with Gasteiger partial charge in [-0.1, -0.05) is 155 Å². The summed E-state index contributed by atoms with van der Waals surface area (Å²) >= 11 is 0. The zero-order chi connectivity index (χ0) is 25.5. The van der Waals surface area contributed by atoms with E-state index in [1.807, 2.05) is 0 Å². The Labute approximate surface area is 284 Å². The van der Waals surface area contributed by atoms with Crippen LogP contribution in [0.5, 0.6) is 0 Å². The number of hydrogen-bond donors (Lipinski definition) is 0. The van der Waals surface area contributed by atoms with Gasteiger partial charge in [-0.05, 0) is 25.7 Å². The molecule has 0 radical (unpaired) electrons. The first-order chi connectivity index (χ1) is 16.5. The summed E-state index contributed by atoms with van der Waals surface area (Å²) in [6.45, 7) is 4.49. The molecule has 0 saturated heterocycles. The summed E-state index contributed by atoms with van der Waals surface area (Å²) in [6.07, 6.45) is 31.0. The van der Waals surface area contributed by atoms with Gasteiger partial charge in [-0.15, -0.1) is 0 Å². The standard InChI is InChI=1S/C18H36O2.C12H24O2.2Ca/c1-2-3-4-5-6-7-8-9-10-11-12-13-14-15-16-17-18(19)20;1-2-3-4-5-6-7-8-9-10-11-12(13)14;;/h2-17H2,1H3,(H,19,20);2-11H2,1H3,(H,13,14);;/q;;2*+2/p-2. The number of carboxylic acid groups (broad SMARTS) is 2. The Morgan fingerprint density at radius 3 is 0.694 bits per heavy atom. The second-order valence-corrected chi connectivity index (χ2v) is 10.0. The maximum atomic E-state index is 10.2. The Bertz CT molecular complexity index is 420. The number of rotatable bonds is 26. The topological polar surface area (TPSA) is 80.3 Å². The molecular weight excluding hydrogens is 504 g/mol. The van der Waals surface area contributed by atoms with Crippen molar-refractivity contribution in [3.05, 3.63) is 0 Å². The Balaban J connectivity index is -0.000000285. The fourth-order valence-corrected chi connectivity index (χ4v) is 4.22. The summed E-state index contributed by atoms with van der Waals surface area (Å²) in [4.78, 5) is 20.3. The molecule has 0 unspecified atom stereocenters. The molecule has 0 aromatic rings. The molecule has 6 heteroatoms. The van der Waals surface area contributed by atoms with Crippen molar-refractivity contribution < 1.29 is 19.8 Å². The van der Waals surface area contributed by atoms with Crippen molar-refractivity contribution in [2.75, 3.05) is 0 Å². The van der Waals surface area contributed by atoms with E-state index in [1.54, 1.807) is 0 Å². The summed E-state index contributed by atoms with van der Waals surface area (Å²) in [6, 6.07) is 0. The van der Waals surface area contributed by atoms with Gasteiger partial charge in [-0.3, -0.25) is 0 Å². The fourth-order valence-electron chi connectivity index (χ4n) is 4.22. The molecule has 204 valence electrons. The molecule has 4 nitrogen and oxygen atoms in total. The zero-order valence-corrected chi connectivity index (χ0v) is 28.8. The van der Waals surface area contributed by atoms with E-state index in [0.717, 1.165) is 25.7 Å². The number of carbonyl (C=O) groups is 2. The smallest absolute Gasteiger partial charge is 0.550 e. The molecule has 0 aliphatic carbocycles. The van der Waals surface area contributed by atoms with Crippen LogP contribution >= 0.6 is 0 Å². The van der Waals surface area contributed by atoms with E-state index in [2.05, 4.69) is 13.8 Å². The van der Waals surface area contributed by atoms with Gasteiger partial charge in [0.25, 0.3) is 0 Å². The summed E-state index contributed by atoms with van der Waals surface area (Å²) in [5.41, 5.74) is 0. The van der Waals surface area contributed by atoms with E-state index in [9.17, 15) is 19.8 Å². The fraction of sp³-hybridized carbons (Fsp3) is 0.933. The van der Waals surface area contributed by atoms with Crippen LogP contribution in [-0.2, 0) is 9.59 Å². The number of carboxylic acids is 2. The summed E-state index contributed by atoms with van der Waals surface area (Å²) in [5, 5.41) is 20.3. The van der Waals surface area contributed by atoms with Crippen LogP contribution in [0, 0.1) is 0 Å². The van der Waals surface area contributed by atoms with Crippen LogP contribution in [0.15, 0.2) is 0 Å². The molecule has 0 saturated carbocycles. The SMILES string of the molecule is CCCCCCCCCCCC(=O)[O-].CCCCCCCCCCCCCCCCCC(=O)[O-].[Ca+2].[Ca+2]. The van der Waals surface area contributed by atoms with Crippen molar-refractivity contribution in [3.63, 3.8) is 0 Å². The molecule has 0 amide bonds. The molecule has 0 fully saturated rings. The van der Waals surface area contributed by atoms with Crippen molar-refractivity contribution >= 4 is 87.4 Å². The van der Waals surface area contributed by atoms with Crippen molar-refractivity contribution in [1.29, 1.82) is 0 Å². The van der Waals surface area contributed by atoms with Crippen LogP contribution in [0.4, 0.5) is 0 Å². The van der Waals surface area contributed by atoms with Gasteiger partial charge in [0.1, 0.15) is 0 Å². The van der Waals surface area contributed by atoms with E-state index in [0.29, 0.717) is 0 Å². The van der Waals surface area contributed by atoms with Gasteiger partial charge in [0.05, 0.1) is 0 Å². The van der Waals surface area contributed by atoms with E-state index >= 15 is 0 Å². The minimum atomic E-state index is -0.909. The average molecular weight is 563 g/mol. The molecule has 0 spiro atoms. The zero-order valence-electron chi connectivity index (χ0n) is 24.4. The molecule has 0 atom stereocenters. The Morgan fingerprint density at radius 1 is 0.361 bits per heavy atom. The van der Waals surface area contributed by atoms with Gasteiger partial charge in [0.15, 0.2) is 0 Å². The Hall–Kier alpha value is 1.46. The van der Waals surface area contributed by atoms with E-state index < -0.39 is 11.9 Å². The predicted octanol–water partition coefficient (Wildman–Crippen LogP) is 6.89. The third-order valence-corrected chi connectivity index (χ3v) is 6.47. The van der Waals surface area contributed by atoms with Gasteiger partial charge in [-0.2, -0.15) is 0 Å². The molecular formula is C30H58Ca2O4+2. The molecule has 0 aromatic carbocycles. The van der Waals surface area contributed by atoms with Crippen LogP contribution in [0.2, 0.25) is 0 Å². The molecule has 0 aliphatic rings. The normalized spacial score (nSPS) is 10.1. The monoisotopic (exact) mass is 562 g/mol. The van der Waals surface area contributed by atoms with Crippen LogP contribution in [0.3, 0.4) is 0 Å². The third-order valence-electron chi connectivity index (χ3n) is 6.47. The third kappa shape index (κ3) is 48.5. The van der Waals surface area contributed by atoms with Crippen molar-refractivity contribution in [2.45, 2.75) is 181 Å². The van der Waals surface area contributed by atoms with Crippen LogP contribution in [0.1, 0.15) is 181 Å². The second-order valence-electron chi connectivity index (χ2n) is 10.0. The quantitative estimate of drug-likeness (QED) is 0.0849. The Kier molecular flexibility index (Phi) is 50.6. The number of aliphatic carboxylic acids is 2. The number of carbonyl (C=O) groups excluding carboxylic acids is 2. The maximum absolute atomic E-state index is 10.2. The molecule has 0 heterocycles. The minimum Gasteiger partial charge on any atom is -0.550 e. The van der Waals surface area contributed by atoms with E-state index in [-0.39, 0.29) is 88.3 Å². The van der Waals surface area contributed by atoms with Crippen molar-refractivity contribution in [2.24, 2.45) is 0 Å². The average Bonchev–Trinajstić information content (AvgIpc) is 2.80. The number of unbranched alkanes of at least 4 members (excludes halogenated alkanes) is 22. The van der Waals surface area contributed by atoms with Crippen molar-refractivity contribution in [1.82, 2.24) is 0 Å². The van der Waals surface area contributed by atoms with E-state index in [4.69, 9.17) is 0 Å². The van der Waals surface area contributed by atoms with Gasteiger partial charge in [0, 0.05) is 11.9 Å². The molecule has 0 bridgehead atoms. The van der Waals surface area contributed by atoms with Crippen LogP contribution in [0.25, 0.3) is 0 Å². The maximum Gasteiger partial charge on any atom is 2.00 e. The molecule has 0 aromatic heterocycles. The summed E-state index contributed by atoms with van der Waals surface area (Å²) in [7, 11) is 0. The summed E-state index contributed by atoms with van der Waals surface area (Å²) < 4.78 is 0. The van der Waals surface area contributed by atoms with Gasteiger partial charge in [-0.25, -0.2) is 0 Å². The molecule has 36 heavy (non-hydrogen) atoms. The largest absolute Gasteiger partial charge is 2.00 e. The van der Waals surface area contributed by atoms with E-state index in [1.165, 1.54) is 128 Å². The second kappa shape index (κ2) is 40.9. The first-order valence-electron chi connectivity index (χ1n) is 14.9. The molecule has 0 N–H and O–H groups in total. The number of hydrogen-bond acceptors (Lipinski definition) is 4. The molecule has 0 aliphatic heterocycles.